The van der Waals surface area contributed by atoms with E-state index in [2.05, 4.69) is 35.3 Å². The summed E-state index contributed by atoms with van der Waals surface area (Å²) in [5.74, 6) is 1.85. The number of nitrogens with zero attached hydrogens (tertiary/aromatic N) is 4. The zero-order valence-corrected chi connectivity index (χ0v) is 21.5. The number of aromatic nitrogens is 5. The average molecular weight is 527 g/mol. The minimum atomic E-state index is -3.23. The standard InChI is InChI=1S/C27H26N8O2S/c1-17-14-29-27(32-21-7-10-23-24(13-21)34-26(33-23)19-5-3-11-28-16-19)35-25(17)31-20-6-2-4-18(12-20)15-30-38(36,37)22-8-9-22/h2-7,10-14,16,22,30H,8-9,15H2,1H3,(H,33,34)(H2,29,31,32,35). The molecule has 1 saturated carbocycles. The maximum atomic E-state index is 12.2. The Balaban J connectivity index is 1.17. The van der Waals surface area contributed by atoms with Crippen LogP contribution in [0.1, 0.15) is 24.0 Å². The summed E-state index contributed by atoms with van der Waals surface area (Å²) in [6, 6.07) is 17.3. The van der Waals surface area contributed by atoms with E-state index in [1.165, 1.54) is 0 Å². The first-order chi connectivity index (χ1) is 18.4. The van der Waals surface area contributed by atoms with Gasteiger partial charge in [0.05, 0.1) is 16.3 Å². The second-order valence-corrected chi connectivity index (χ2v) is 11.3. The van der Waals surface area contributed by atoms with E-state index in [-0.39, 0.29) is 11.8 Å². The molecule has 10 nitrogen and oxygen atoms in total. The lowest BCUT2D eigenvalue weighted by atomic mass is 10.2. The third kappa shape index (κ3) is 5.34. The minimum Gasteiger partial charge on any atom is -0.340 e. The highest BCUT2D eigenvalue weighted by molar-refractivity contribution is 7.90. The van der Waals surface area contributed by atoms with Gasteiger partial charge >= 0.3 is 0 Å². The number of anilines is 4. The van der Waals surface area contributed by atoms with Crippen molar-refractivity contribution in [3.63, 3.8) is 0 Å². The summed E-state index contributed by atoms with van der Waals surface area (Å²) in [7, 11) is -3.23. The van der Waals surface area contributed by atoms with Gasteiger partial charge in [0.25, 0.3) is 0 Å². The highest BCUT2D eigenvalue weighted by atomic mass is 32.2. The van der Waals surface area contributed by atoms with Gasteiger partial charge in [-0.3, -0.25) is 4.98 Å². The van der Waals surface area contributed by atoms with Crippen LogP contribution >= 0.6 is 0 Å². The fourth-order valence-electron chi connectivity index (χ4n) is 4.06. The van der Waals surface area contributed by atoms with Crippen molar-refractivity contribution in [1.82, 2.24) is 29.6 Å². The Morgan fingerprint density at radius 1 is 0.974 bits per heavy atom. The predicted molar refractivity (Wildman–Crippen MR) is 148 cm³/mol. The number of fused-ring (bicyclic) bond motifs is 1. The molecule has 0 atom stereocenters. The molecule has 0 spiro atoms. The smallest absolute Gasteiger partial charge is 0.229 e. The van der Waals surface area contributed by atoms with Crippen molar-refractivity contribution in [1.29, 1.82) is 0 Å². The van der Waals surface area contributed by atoms with Crippen molar-refractivity contribution in [2.24, 2.45) is 0 Å². The first-order valence-electron chi connectivity index (χ1n) is 12.3. The maximum Gasteiger partial charge on any atom is 0.229 e. The number of benzene rings is 2. The summed E-state index contributed by atoms with van der Waals surface area (Å²) >= 11 is 0. The molecule has 0 bridgehead atoms. The molecular formula is C27H26N8O2S. The molecule has 1 fully saturated rings. The summed E-state index contributed by atoms with van der Waals surface area (Å²) in [5, 5.41) is 6.35. The molecule has 1 aliphatic carbocycles. The fourth-order valence-corrected chi connectivity index (χ4v) is 5.42. The van der Waals surface area contributed by atoms with Crippen LogP contribution in [0, 0.1) is 6.92 Å². The average Bonchev–Trinajstić information content (AvgIpc) is 3.71. The molecule has 4 N–H and O–H groups in total. The molecule has 5 aromatic rings. The van der Waals surface area contributed by atoms with Crippen LogP contribution in [0.5, 0.6) is 0 Å². The van der Waals surface area contributed by atoms with Crippen LogP contribution in [0.2, 0.25) is 0 Å². The molecule has 192 valence electrons. The lowest BCUT2D eigenvalue weighted by molar-refractivity contribution is 0.580. The van der Waals surface area contributed by atoms with Gasteiger partial charge in [0.2, 0.25) is 16.0 Å². The first-order valence-corrected chi connectivity index (χ1v) is 13.8. The van der Waals surface area contributed by atoms with Gasteiger partial charge in [-0.25, -0.2) is 23.1 Å². The molecule has 0 amide bonds. The first kappa shape index (κ1) is 24.0. The van der Waals surface area contributed by atoms with Crippen molar-refractivity contribution < 1.29 is 8.42 Å². The number of pyridine rings is 1. The lowest BCUT2D eigenvalue weighted by Gasteiger charge is -2.12. The van der Waals surface area contributed by atoms with Gasteiger partial charge in [-0.2, -0.15) is 4.98 Å². The molecule has 0 radical (unpaired) electrons. The van der Waals surface area contributed by atoms with Crippen molar-refractivity contribution in [2.75, 3.05) is 10.6 Å². The number of aromatic amines is 1. The SMILES string of the molecule is Cc1cnc(Nc2ccc3[nH]c(-c4cccnc4)nc3c2)nc1Nc1cccc(CNS(=O)(=O)C2CC2)c1. The van der Waals surface area contributed by atoms with E-state index in [1.807, 2.05) is 61.5 Å². The highest BCUT2D eigenvalue weighted by Gasteiger charge is 2.35. The third-order valence-corrected chi connectivity index (χ3v) is 8.17. The normalized spacial score (nSPS) is 13.5. The minimum absolute atomic E-state index is 0.240. The van der Waals surface area contributed by atoms with E-state index in [4.69, 9.17) is 4.98 Å². The second-order valence-electron chi connectivity index (χ2n) is 9.30. The Kier molecular flexibility index (Phi) is 6.22. The topological polar surface area (TPSA) is 138 Å². The predicted octanol–water partition coefficient (Wildman–Crippen LogP) is 4.79. The number of nitrogens with one attached hydrogen (secondary N) is 4. The number of sulfonamides is 1. The molecule has 0 unspecified atom stereocenters. The quantitative estimate of drug-likeness (QED) is 0.215. The largest absolute Gasteiger partial charge is 0.340 e. The van der Waals surface area contributed by atoms with E-state index >= 15 is 0 Å². The molecule has 6 rings (SSSR count). The third-order valence-electron chi connectivity index (χ3n) is 6.28. The summed E-state index contributed by atoms with van der Waals surface area (Å²) in [5.41, 5.74) is 6.00. The summed E-state index contributed by atoms with van der Waals surface area (Å²) in [6.45, 7) is 2.18. The van der Waals surface area contributed by atoms with Gasteiger partial charge in [-0.1, -0.05) is 12.1 Å². The van der Waals surface area contributed by atoms with Crippen LogP contribution < -0.4 is 15.4 Å². The zero-order chi connectivity index (χ0) is 26.1. The second kappa shape index (κ2) is 9.84. The van der Waals surface area contributed by atoms with Crippen molar-refractivity contribution in [2.45, 2.75) is 31.6 Å². The highest BCUT2D eigenvalue weighted by Crippen LogP contribution is 2.28. The van der Waals surface area contributed by atoms with Crippen LogP contribution in [0.15, 0.2) is 73.2 Å². The molecule has 11 heteroatoms. The zero-order valence-electron chi connectivity index (χ0n) is 20.6. The van der Waals surface area contributed by atoms with Crippen molar-refractivity contribution in [3.8, 4) is 11.4 Å². The van der Waals surface area contributed by atoms with Crippen LogP contribution in [0.3, 0.4) is 0 Å². The molecule has 38 heavy (non-hydrogen) atoms. The van der Waals surface area contributed by atoms with Gasteiger partial charge in [0, 0.05) is 47.6 Å². The molecule has 3 aromatic heterocycles. The van der Waals surface area contributed by atoms with Crippen molar-refractivity contribution in [3.05, 3.63) is 84.3 Å². The number of hydrogen-bond donors (Lipinski definition) is 4. The van der Waals surface area contributed by atoms with Gasteiger partial charge in [-0.05, 0) is 67.8 Å². The molecule has 0 saturated heterocycles. The van der Waals surface area contributed by atoms with Crippen LogP contribution in [-0.2, 0) is 16.6 Å². The van der Waals surface area contributed by atoms with Crippen LogP contribution in [-0.4, -0.2) is 38.6 Å². The van der Waals surface area contributed by atoms with Gasteiger partial charge in [0.15, 0.2) is 0 Å². The maximum absolute atomic E-state index is 12.2. The van der Waals surface area contributed by atoms with E-state index < -0.39 is 10.0 Å². The molecule has 2 aromatic carbocycles. The van der Waals surface area contributed by atoms with Crippen LogP contribution in [0.25, 0.3) is 22.4 Å². The Bertz CT molecular complexity index is 1720. The molecular weight excluding hydrogens is 500 g/mol. The number of H-pyrrole nitrogens is 1. The Labute approximate surface area is 220 Å². The number of rotatable bonds is 9. The molecule has 3 heterocycles. The fraction of sp³-hybridized carbons (Fsp3) is 0.185. The van der Waals surface area contributed by atoms with Crippen molar-refractivity contribution >= 4 is 44.2 Å². The lowest BCUT2D eigenvalue weighted by Crippen LogP contribution is -2.26. The summed E-state index contributed by atoms with van der Waals surface area (Å²) in [4.78, 5) is 21.3. The van der Waals surface area contributed by atoms with E-state index in [0.717, 1.165) is 57.8 Å². The number of imidazole rings is 1. The van der Waals surface area contributed by atoms with Crippen LogP contribution in [0.4, 0.5) is 23.1 Å². The van der Waals surface area contributed by atoms with Gasteiger partial charge in [0.1, 0.15) is 11.6 Å². The van der Waals surface area contributed by atoms with E-state index in [1.54, 1.807) is 18.6 Å². The van der Waals surface area contributed by atoms with Gasteiger partial charge < -0.3 is 15.6 Å². The monoisotopic (exact) mass is 526 g/mol. The number of aryl methyl sites for hydroxylation is 1. The Morgan fingerprint density at radius 2 is 1.84 bits per heavy atom. The van der Waals surface area contributed by atoms with E-state index in [9.17, 15) is 8.42 Å². The Morgan fingerprint density at radius 3 is 2.66 bits per heavy atom. The molecule has 0 aliphatic heterocycles. The summed E-state index contributed by atoms with van der Waals surface area (Å²) < 4.78 is 27.0. The van der Waals surface area contributed by atoms with Gasteiger partial charge in [-0.15, -0.1) is 0 Å². The molecule has 1 aliphatic rings. The van der Waals surface area contributed by atoms with E-state index in [0.29, 0.717) is 11.8 Å². The number of hydrogen-bond acceptors (Lipinski definition) is 8. The summed E-state index contributed by atoms with van der Waals surface area (Å²) in [6.07, 6.45) is 6.73. The Hall–Kier alpha value is -4.35.